The molecular formula is C80H88O8Si4. The number of hydrogen-bond acceptors (Lipinski definition) is 8. The lowest BCUT2D eigenvalue weighted by Crippen LogP contribution is -2.54. The lowest BCUT2D eigenvalue weighted by atomic mass is 10.2. The second-order valence-electron chi connectivity index (χ2n) is 26.1. The Bertz CT molecular complexity index is 3210. The molecule has 472 valence electrons. The summed E-state index contributed by atoms with van der Waals surface area (Å²) in [7, 11) is -11.6. The van der Waals surface area contributed by atoms with Gasteiger partial charge in [-0.3, -0.25) is 0 Å². The molecule has 92 heavy (non-hydrogen) atoms. The van der Waals surface area contributed by atoms with Crippen LogP contribution in [0.25, 0.3) is 0 Å². The lowest BCUT2D eigenvalue weighted by molar-refractivity contribution is 0.350. The van der Waals surface area contributed by atoms with Gasteiger partial charge in [0.25, 0.3) is 0 Å². The van der Waals surface area contributed by atoms with Gasteiger partial charge in [0, 0.05) is 88.8 Å². The highest BCUT2D eigenvalue weighted by Gasteiger charge is 2.52. The van der Waals surface area contributed by atoms with Gasteiger partial charge in [0.05, 0.1) is 0 Å². The zero-order chi connectivity index (χ0) is 65.8. The maximum absolute atomic E-state index is 6.97. The molecule has 0 aliphatic carbocycles. The standard InChI is InChI=1S/C80H88O8Si4/c1-57(2)89(58(3)4)81-73-41-25-65(26-42-73)17-19-67-29-45-75(46-30-67)83-90(59(5)6,60(7)8)85-77-49-33-69(34-50-77)21-23-71-37-53-79(54-38-71)87-92(63(13)14,64(15)16)88-80-55-39-72(40-56-80)24-22-70-35-51-78(52-36-70)86-91(61(9)10,62(11)12)84-76-47-31-68(32-48-76)20-18-66-27-43-74(82-89)44-28-66/h25-64H,1-16H3. The molecule has 13 aliphatic heterocycles. The van der Waals surface area contributed by atoms with E-state index in [-0.39, 0.29) is 44.3 Å². The predicted octanol–water partition coefficient (Wildman–Crippen LogP) is 20.5. The summed E-state index contributed by atoms with van der Waals surface area (Å²) in [5.41, 5.74) is 8.14. The highest BCUT2D eigenvalue weighted by atomic mass is 28.4. The van der Waals surface area contributed by atoms with Crippen LogP contribution in [0.2, 0.25) is 44.3 Å². The van der Waals surface area contributed by atoms with Crippen molar-refractivity contribution < 1.29 is 35.4 Å². The van der Waals surface area contributed by atoms with Crippen LogP contribution in [0.15, 0.2) is 194 Å². The minimum atomic E-state index is -2.89. The van der Waals surface area contributed by atoms with Crippen molar-refractivity contribution in [3.8, 4) is 93.4 Å². The summed E-state index contributed by atoms with van der Waals surface area (Å²) in [6, 6.07) is 64.0. The van der Waals surface area contributed by atoms with Gasteiger partial charge in [0.1, 0.15) is 46.0 Å². The molecule has 0 aromatic heterocycles. The Kier molecular flexibility index (Phi) is 21.8. The average Bonchev–Trinajstić information content (AvgIpc) is 0.839. The SMILES string of the molecule is CC(C)[Si]1(C(C)C)Oc2ccc(cc2)C#Cc2ccc(cc2)O[Si](C(C)C)(C(C)C)Oc2ccc(cc2)C#Cc2ccc(cc2)O[Si](C(C)C)(C(C)C)Oc2ccc(cc2)C#Cc2ccc(cc2)O[Si](C(C)C)(C(C)C)Oc2ccc(cc2)C#Cc2ccc(cc2)O1. The maximum Gasteiger partial charge on any atom is 0.465 e. The summed E-state index contributed by atoms with van der Waals surface area (Å²) in [5, 5.41) is 0. The van der Waals surface area contributed by atoms with Crippen molar-refractivity contribution in [2.45, 2.75) is 155 Å². The normalized spacial score (nSPS) is 15.0. The monoisotopic (exact) mass is 1290 g/mol. The van der Waals surface area contributed by atoms with Gasteiger partial charge in [-0.2, -0.15) is 0 Å². The summed E-state index contributed by atoms with van der Waals surface area (Å²) >= 11 is 0. The first-order valence-electron chi connectivity index (χ1n) is 32.4. The fourth-order valence-corrected chi connectivity index (χ4v) is 24.8. The predicted molar refractivity (Wildman–Crippen MR) is 384 cm³/mol. The molecule has 0 saturated heterocycles. The van der Waals surface area contributed by atoms with Crippen molar-refractivity contribution >= 4 is 34.2 Å². The summed E-state index contributed by atoms with van der Waals surface area (Å²) in [5.74, 6) is 32.8. The van der Waals surface area contributed by atoms with Crippen LogP contribution in [0.4, 0.5) is 0 Å². The van der Waals surface area contributed by atoms with Gasteiger partial charge >= 0.3 is 34.2 Å². The van der Waals surface area contributed by atoms with Crippen molar-refractivity contribution in [1.82, 2.24) is 0 Å². The van der Waals surface area contributed by atoms with Gasteiger partial charge in [-0.15, -0.1) is 0 Å². The highest BCUT2D eigenvalue weighted by molar-refractivity contribution is 6.73. The van der Waals surface area contributed by atoms with Gasteiger partial charge < -0.3 is 35.4 Å². The zero-order valence-electron chi connectivity index (χ0n) is 56.4. The Labute approximate surface area is 553 Å². The molecule has 16 bridgehead atoms. The summed E-state index contributed by atoms with van der Waals surface area (Å²) in [6.07, 6.45) is 0. The smallest absolute Gasteiger partial charge is 0.465 e. The van der Waals surface area contributed by atoms with Crippen LogP contribution >= 0.6 is 0 Å². The highest BCUT2D eigenvalue weighted by Crippen LogP contribution is 2.42. The Hall–Kier alpha value is -8.73. The molecule has 13 aliphatic rings. The number of hydrogen-bond donors (Lipinski definition) is 0. The van der Waals surface area contributed by atoms with E-state index in [0.717, 1.165) is 90.5 Å². The van der Waals surface area contributed by atoms with Gasteiger partial charge in [-0.1, -0.05) is 158 Å². The second-order valence-corrected chi connectivity index (χ2v) is 42.8. The third-order valence-corrected chi connectivity index (χ3v) is 34.2. The largest absolute Gasteiger partial charge is 0.512 e. The molecule has 0 amide bonds. The van der Waals surface area contributed by atoms with Crippen LogP contribution in [-0.2, 0) is 0 Å². The third-order valence-electron chi connectivity index (χ3n) is 16.9. The minimum Gasteiger partial charge on any atom is -0.512 e. The molecular weight excluding hydrogens is 1200 g/mol. The van der Waals surface area contributed by atoms with E-state index >= 15 is 0 Å². The fraction of sp³-hybridized carbons (Fsp3) is 0.300. The average molecular weight is 1290 g/mol. The molecule has 0 radical (unpaired) electrons. The van der Waals surface area contributed by atoms with Crippen molar-refractivity contribution in [3.63, 3.8) is 0 Å². The van der Waals surface area contributed by atoms with Crippen LogP contribution < -0.4 is 35.4 Å². The summed E-state index contributed by atoms with van der Waals surface area (Å²) in [6.45, 7) is 35.0. The Morgan fingerprint density at radius 1 is 0.163 bits per heavy atom. The summed E-state index contributed by atoms with van der Waals surface area (Å²) < 4.78 is 55.8. The number of rotatable bonds is 8. The van der Waals surface area contributed by atoms with E-state index < -0.39 is 34.2 Å². The Morgan fingerprint density at radius 2 is 0.250 bits per heavy atom. The van der Waals surface area contributed by atoms with Crippen LogP contribution in [-0.4, -0.2) is 34.2 Å². The van der Waals surface area contributed by atoms with Crippen LogP contribution in [0.5, 0.6) is 46.0 Å². The molecule has 8 aromatic carbocycles. The first-order valence-corrected chi connectivity index (χ1v) is 40.3. The first kappa shape index (κ1) is 67.7. The first-order chi connectivity index (χ1) is 44.0. The van der Waals surface area contributed by atoms with E-state index in [0.29, 0.717) is 0 Å². The van der Waals surface area contributed by atoms with Crippen molar-refractivity contribution in [3.05, 3.63) is 239 Å². The van der Waals surface area contributed by atoms with E-state index in [4.69, 9.17) is 35.4 Å². The van der Waals surface area contributed by atoms with Crippen molar-refractivity contribution in [1.29, 1.82) is 0 Å². The molecule has 0 atom stereocenters. The van der Waals surface area contributed by atoms with E-state index in [2.05, 4.69) is 158 Å². The molecule has 0 unspecified atom stereocenters. The maximum atomic E-state index is 6.97. The van der Waals surface area contributed by atoms with Gasteiger partial charge in [0.15, 0.2) is 0 Å². The minimum absolute atomic E-state index is 0.142. The molecule has 8 aromatic rings. The number of benzene rings is 8. The molecule has 8 nitrogen and oxygen atoms in total. The molecule has 0 saturated carbocycles. The topological polar surface area (TPSA) is 73.8 Å². The molecule has 0 spiro atoms. The van der Waals surface area contributed by atoms with Gasteiger partial charge in [-0.25, -0.2) is 0 Å². The Morgan fingerprint density at radius 3 is 0.326 bits per heavy atom. The molecule has 13 heterocycles. The third kappa shape index (κ3) is 16.3. The van der Waals surface area contributed by atoms with Crippen molar-refractivity contribution in [2.75, 3.05) is 0 Å². The quantitative estimate of drug-likeness (QED) is 0.110. The van der Waals surface area contributed by atoms with Crippen molar-refractivity contribution in [2.24, 2.45) is 0 Å². The second kappa shape index (κ2) is 29.7. The van der Waals surface area contributed by atoms with E-state index in [1.165, 1.54) is 0 Å². The molecule has 0 N–H and O–H groups in total. The van der Waals surface area contributed by atoms with E-state index in [1.54, 1.807) is 0 Å². The molecule has 0 fully saturated rings. The van der Waals surface area contributed by atoms with Crippen LogP contribution in [0.3, 0.4) is 0 Å². The van der Waals surface area contributed by atoms with Gasteiger partial charge in [-0.05, 0) is 194 Å². The zero-order valence-corrected chi connectivity index (χ0v) is 60.4. The van der Waals surface area contributed by atoms with E-state index in [1.807, 2.05) is 194 Å². The Balaban J connectivity index is 0.987. The fourth-order valence-electron chi connectivity index (χ4n) is 11.5. The van der Waals surface area contributed by atoms with Gasteiger partial charge in [0.2, 0.25) is 0 Å². The molecule has 21 rings (SSSR count). The van der Waals surface area contributed by atoms with Crippen LogP contribution in [0.1, 0.15) is 155 Å². The molecule has 12 heteroatoms. The van der Waals surface area contributed by atoms with Crippen LogP contribution in [0, 0.1) is 47.4 Å². The van der Waals surface area contributed by atoms with E-state index in [9.17, 15) is 0 Å². The summed E-state index contributed by atoms with van der Waals surface area (Å²) in [4.78, 5) is 0. The lowest BCUT2D eigenvalue weighted by Gasteiger charge is -2.37.